The minimum atomic E-state index is -0.752. The Kier molecular flexibility index (Phi) is 5.74. The van der Waals surface area contributed by atoms with Gasteiger partial charge in [-0.1, -0.05) is 26.0 Å². The molecular weight excluding hydrogens is 256 g/mol. The monoisotopic (exact) mass is 282 g/mol. The molecule has 0 bridgehead atoms. The Hall–Kier alpha value is -1.36. The van der Waals surface area contributed by atoms with Crippen molar-refractivity contribution in [2.45, 2.75) is 52.1 Å². The van der Waals surface area contributed by atoms with Gasteiger partial charge < -0.3 is 15.0 Å². The topological polar surface area (TPSA) is 58.6 Å². The van der Waals surface area contributed by atoms with E-state index in [4.69, 9.17) is 4.74 Å². The van der Waals surface area contributed by atoms with Gasteiger partial charge in [-0.15, -0.1) is 0 Å². The summed E-state index contributed by atoms with van der Waals surface area (Å²) in [7, 11) is 0. The van der Waals surface area contributed by atoms with E-state index in [2.05, 4.69) is 11.9 Å². The number of nitrogens with one attached hydrogen (secondary N) is 1. The number of ether oxygens (including phenoxy) is 1. The molecule has 5 nitrogen and oxygen atoms in total. The van der Waals surface area contributed by atoms with Gasteiger partial charge >= 0.3 is 0 Å². The zero-order chi connectivity index (χ0) is 15.3. The molecule has 20 heavy (non-hydrogen) atoms. The molecule has 0 aromatic heterocycles. The predicted octanol–water partition coefficient (Wildman–Crippen LogP) is 1.48. The lowest BCUT2D eigenvalue weighted by Gasteiger charge is -2.44. The molecule has 1 rings (SSSR count). The van der Waals surface area contributed by atoms with Crippen LogP contribution in [0.25, 0.3) is 0 Å². The molecule has 0 aromatic carbocycles. The van der Waals surface area contributed by atoms with Crippen molar-refractivity contribution < 1.29 is 14.3 Å². The van der Waals surface area contributed by atoms with Crippen LogP contribution in [-0.2, 0) is 14.3 Å². The van der Waals surface area contributed by atoms with E-state index >= 15 is 0 Å². The van der Waals surface area contributed by atoms with Gasteiger partial charge in [0, 0.05) is 6.54 Å². The number of carbonyl (C=O) groups excluding carboxylic acids is 2. The normalized spacial score (nSPS) is 21.8. The lowest BCUT2D eigenvalue weighted by molar-refractivity contribution is -0.155. The largest absolute Gasteiger partial charge is 0.375 e. The number of piperazine rings is 1. The van der Waals surface area contributed by atoms with E-state index in [9.17, 15) is 9.59 Å². The molecule has 1 unspecified atom stereocenters. The van der Waals surface area contributed by atoms with Crippen molar-refractivity contribution in [3.05, 3.63) is 12.2 Å². The van der Waals surface area contributed by atoms with Crippen molar-refractivity contribution in [3.8, 4) is 0 Å². The van der Waals surface area contributed by atoms with Gasteiger partial charge in [0.05, 0.1) is 13.2 Å². The van der Waals surface area contributed by atoms with Crippen LogP contribution in [-0.4, -0.2) is 48.1 Å². The lowest BCUT2D eigenvalue weighted by Crippen LogP contribution is -2.69. The molecule has 1 fully saturated rings. The van der Waals surface area contributed by atoms with Crippen LogP contribution in [0.5, 0.6) is 0 Å². The van der Waals surface area contributed by atoms with Crippen LogP contribution in [0.2, 0.25) is 0 Å². The fourth-order valence-corrected chi connectivity index (χ4v) is 2.42. The number of carbonyl (C=O) groups is 2. The highest BCUT2D eigenvalue weighted by atomic mass is 16.5. The van der Waals surface area contributed by atoms with E-state index < -0.39 is 11.6 Å². The van der Waals surface area contributed by atoms with Gasteiger partial charge in [-0.3, -0.25) is 9.59 Å². The lowest BCUT2D eigenvalue weighted by atomic mass is 9.87. The minimum Gasteiger partial charge on any atom is -0.375 e. The van der Waals surface area contributed by atoms with Gasteiger partial charge in [0.25, 0.3) is 0 Å². The first-order valence-electron chi connectivity index (χ1n) is 7.23. The summed E-state index contributed by atoms with van der Waals surface area (Å²) >= 11 is 0. The SMILES string of the molecule is C=C(C)COCCN1C(=O)C(CC)(CC)NC(=O)C1C. The van der Waals surface area contributed by atoms with Gasteiger partial charge in [-0.05, 0) is 26.7 Å². The molecule has 0 aliphatic carbocycles. The highest BCUT2D eigenvalue weighted by molar-refractivity contribution is 5.99. The van der Waals surface area contributed by atoms with E-state index in [1.807, 2.05) is 20.8 Å². The average Bonchev–Trinajstić information content (AvgIpc) is 2.42. The quantitative estimate of drug-likeness (QED) is 0.568. The molecule has 5 heteroatoms. The first-order chi connectivity index (χ1) is 9.38. The van der Waals surface area contributed by atoms with Gasteiger partial charge in [-0.25, -0.2) is 0 Å². The van der Waals surface area contributed by atoms with E-state index in [1.165, 1.54) is 0 Å². The second kappa shape index (κ2) is 6.88. The highest BCUT2D eigenvalue weighted by Crippen LogP contribution is 2.24. The van der Waals surface area contributed by atoms with Crippen LogP contribution < -0.4 is 5.32 Å². The smallest absolute Gasteiger partial charge is 0.249 e. The van der Waals surface area contributed by atoms with E-state index in [0.29, 0.717) is 32.6 Å². The summed E-state index contributed by atoms with van der Waals surface area (Å²) in [6.07, 6.45) is 1.20. The Balaban J connectivity index is 2.73. The number of hydrogen-bond acceptors (Lipinski definition) is 3. The van der Waals surface area contributed by atoms with Gasteiger partial charge in [0.2, 0.25) is 11.8 Å². The average molecular weight is 282 g/mol. The first-order valence-corrected chi connectivity index (χ1v) is 7.23. The van der Waals surface area contributed by atoms with E-state index in [-0.39, 0.29) is 11.8 Å². The second-order valence-electron chi connectivity index (χ2n) is 5.46. The van der Waals surface area contributed by atoms with E-state index in [0.717, 1.165) is 5.57 Å². The summed E-state index contributed by atoms with van der Waals surface area (Å²) < 4.78 is 5.44. The zero-order valence-electron chi connectivity index (χ0n) is 13.0. The predicted molar refractivity (Wildman–Crippen MR) is 78.3 cm³/mol. The highest BCUT2D eigenvalue weighted by Gasteiger charge is 2.47. The summed E-state index contributed by atoms with van der Waals surface area (Å²) in [6.45, 7) is 12.6. The minimum absolute atomic E-state index is 0.00600. The Bertz CT molecular complexity index is 389. The second-order valence-corrected chi connectivity index (χ2v) is 5.46. The number of amides is 2. The molecule has 1 aliphatic heterocycles. The molecule has 1 N–H and O–H groups in total. The summed E-state index contributed by atoms with van der Waals surface area (Å²) in [5.74, 6) is -0.0956. The molecule has 1 saturated heterocycles. The maximum absolute atomic E-state index is 12.6. The molecular formula is C15H26N2O3. The van der Waals surface area contributed by atoms with Crippen molar-refractivity contribution in [2.75, 3.05) is 19.8 Å². The van der Waals surface area contributed by atoms with E-state index in [1.54, 1.807) is 11.8 Å². The van der Waals surface area contributed by atoms with Crippen molar-refractivity contribution in [2.24, 2.45) is 0 Å². The maximum Gasteiger partial charge on any atom is 0.249 e. The van der Waals surface area contributed by atoms with Gasteiger partial charge in [-0.2, -0.15) is 0 Å². The maximum atomic E-state index is 12.6. The molecule has 0 saturated carbocycles. The molecule has 1 heterocycles. The Morgan fingerprint density at radius 2 is 2.00 bits per heavy atom. The van der Waals surface area contributed by atoms with Crippen LogP contribution in [0.3, 0.4) is 0 Å². The standard InChI is InChI=1S/C15H26N2O3/c1-6-15(7-2)14(19)17(12(5)13(18)16-15)8-9-20-10-11(3)4/h12H,3,6-10H2,1-2,4-5H3,(H,16,18). The van der Waals surface area contributed by atoms with Crippen LogP contribution in [0.1, 0.15) is 40.5 Å². The fourth-order valence-electron chi connectivity index (χ4n) is 2.42. The third-order valence-electron chi connectivity index (χ3n) is 3.91. The summed E-state index contributed by atoms with van der Waals surface area (Å²) in [6, 6.07) is -0.442. The molecule has 1 atom stereocenters. The molecule has 0 radical (unpaired) electrons. The van der Waals surface area contributed by atoms with Crippen LogP contribution in [0.4, 0.5) is 0 Å². The van der Waals surface area contributed by atoms with Crippen molar-refractivity contribution in [3.63, 3.8) is 0 Å². The fraction of sp³-hybridized carbons (Fsp3) is 0.733. The van der Waals surface area contributed by atoms with Crippen LogP contribution >= 0.6 is 0 Å². The van der Waals surface area contributed by atoms with Crippen molar-refractivity contribution in [1.29, 1.82) is 0 Å². The van der Waals surface area contributed by atoms with Crippen LogP contribution in [0.15, 0.2) is 12.2 Å². The van der Waals surface area contributed by atoms with Crippen molar-refractivity contribution in [1.82, 2.24) is 10.2 Å². The zero-order valence-corrected chi connectivity index (χ0v) is 13.0. The first kappa shape index (κ1) is 16.7. The summed E-state index contributed by atoms with van der Waals surface area (Å²) in [4.78, 5) is 26.3. The third kappa shape index (κ3) is 3.39. The molecule has 0 spiro atoms. The number of nitrogens with zero attached hydrogens (tertiary/aromatic N) is 1. The molecule has 2 amide bonds. The summed E-state index contributed by atoms with van der Waals surface area (Å²) in [5.41, 5.74) is 0.190. The Morgan fingerprint density at radius 3 is 2.50 bits per heavy atom. The molecule has 0 aromatic rings. The Morgan fingerprint density at radius 1 is 1.40 bits per heavy atom. The van der Waals surface area contributed by atoms with Gasteiger partial charge in [0.15, 0.2) is 0 Å². The van der Waals surface area contributed by atoms with Crippen LogP contribution in [0, 0.1) is 0 Å². The third-order valence-corrected chi connectivity index (χ3v) is 3.91. The summed E-state index contributed by atoms with van der Waals surface area (Å²) in [5, 5.41) is 2.88. The number of hydrogen-bond donors (Lipinski definition) is 1. The Labute approximate surface area is 121 Å². The molecule has 1 aliphatic rings. The number of rotatable bonds is 7. The van der Waals surface area contributed by atoms with Gasteiger partial charge in [0.1, 0.15) is 11.6 Å². The van der Waals surface area contributed by atoms with Crippen molar-refractivity contribution >= 4 is 11.8 Å². The molecule has 114 valence electrons.